The van der Waals surface area contributed by atoms with E-state index in [2.05, 4.69) is 15.0 Å². The summed E-state index contributed by atoms with van der Waals surface area (Å²) in [5.74, 6) is -2.24. The first-order valence-electron chi connectivity index (χ1n) is 10.6. The average Bonchev–Trinajstić information content (AvgIpc) is 3.32. The third-order valence-electron chi connectivity index (χ3n) is 4.97. The standard InChI is InChI=1S/C27H21N3O4S/c1-16(2)4-3-5-20-6-7-25(35-20)17-8-10-28-21(12-17)23-14-19(27(33)34)15-24(30-23)22-13-18(26(31)32)9-11-29-22/h3-15H,1-2H3,(H,31,32)(H,33,34)/b5-3+. The second-order valence-electron chi connectivity index (χ2n) is 7.90. The van der Waals surface area contributed by atoms with Crippen molar-refractivity contribution in [3.05, 3.63) is 94.7 Å². The maximum Gasteiger partial charge on any atom is 0.335 e. The van der Waals surface area contributed by atoms with Gasteiger partial charge in [-0.3, -0.25) is 9.97 Å². The van der Waals surface area contributed by atoms with Gasteiger partial charge in [0.2, 0.25) is 0 Å². The molecule has 0 bridgehead atoms. The normalized spacial score (nSPS) is 10.9. The van der Waals surface area contributed by atoms with Crippen molar-refractivity contribution in [3.8, 4) is 33.2 Å². The second-order valence-corrected chi connectivity index (χ2v) is 9.02. The molecule has 0 atom stereocenters. The van der Waals surface area contributed by atoms with Crippen LogP contribution in [0.5, 0.6) is 0 Å². The molecule has 0 aliphatic heterocycles. The fourth-order valence-corrected chi connectivity index (χ4v) is 4.19. The molecule has 0 radical (unpaired) electrons. The van der Waals surface area contributed by atoms with Crippen molar-refractivity contribution in [2.45, 2.75) is 13.8 Å². The van der Waals surface area contributed by atoms with Crippen LogP contribution in [0.15, 0.2) is 78.6 Å². The van der Waals surface area contributed by atoms with Crippen molar-refractivity contribution >= 4 is 29.4 Å². The number of aromatic carboxylic acids is 2. The highest BCUT2D eigenvalue weighted by Gasteiger charge is 2.15. The zero-order valence-corrected chi connectivity index (χ0v) is 19.8. The fourth-order valence-electron chi connectivity index (χ4n) is 3.28. The number of aromatic nitrogens is 3. The molecule has 4 aromatic heterocycles. The number of pyridine rings is 3. The number of carbonyl (C=O) groups is 2. The summed E-state index contributed by atoms with van der Waals surface area (Å²) in [5.41, 5.74) is 3.54. The number of hydrogen-bond donors (Lipinski definition) is 2. The summed E-state index contributed by atoms with van der Waals surface area (Å²) in [6.45, 7) is 4.08. The molecule has 0 aromatic carbocycles. The monoisotopic (exact) mass is 483 g/mol. The molecule has 4 aromatic rings. The minimum absolute atomic E-state index is 0.00236. The maximum atomic E-state index is 11.8. The largest absolute Gasteiger partial charge is 0.478 e. The third-order valence-corrected chi connectivity index (χ3v) is 6.06. The number of nitrogens with zero attached hydrogens (tertiary/aromatic N) is 3. The summed E-state index contributed by atoms with van der Waals surface area (Å²) in [6, 6.07) is 13.3. The van der Waals surface area contributed by atoms with E-state index in [1.165, 1.54) is 36.0 Å². The van der Waals surface area contributed by atoms with Gasteiger partial charge in [-0.1, -0.05) is 17.7 Å². The lowest BCUT2D eigenvalue weighted by atomic mass is 10.1. The van der Waals surface area contributed by atoms with Gasteiger partial charge in [-0.2, -0.15) is 0 Å². The van der Waals surface area contributed by atoms with E-state index in [4.69, 9.17) is 0 Å². The van der Waals surface area contributed by atoms with E-state index in [0.717, 1.165) is 15.3 Å². The quantitative estimate of drug-likeness (QED) is 0.296. The van der Waals surface area contributed by atoms with Gasteiger partial charge in [0.1, 0.15) is 0 Å². The highest BCUT2D eigenvalue weighted by molar-refractivity contribution is 7.16. The van der Waals surface area contributed by atoms with Gasteiger partial charge >= 0.3 is 11.9 Å². The van der Waals surface area contributed by atoms with Crippen molar-refractivity contribution in [1.82, 2.24) is 15.0 Å². The molecule has 0 unspecified atom stereocenters. The molecule has 0 spiro atoms. The molecular weight excluding hydrogens is 462 g/mol. The molecule has 174 valence electrons. The van der Waals surface area contributed by atoms with E-state index < -0.39 is 11.9 Å². The topological polar surface area (TPSA) is 113 Å². The summed E-state index contributed by atoms with van der Waals surface area (Å²) in [7, 11) is 0. The van der Waals surface area contributed by atoms with Crippen molar-refractivity contribution in [2.75, 3.05) is 0 Å². The number of carboxylic acid groups (broad SMARTS) is 2. The molecule has 8 heteroatoms. The Hall–Kier alpha value is -4.43. The van der Waals surface area contributed by atoms with Gasteiger partial charge in [0.25, 0.3) is 0 Å². The van der Waals surface area contributed by atoms with Gasteiger partial charge in [-0.25, -0.2) is 14.6 Å². The molecule has 0 saturated heterocycles. The molecule has 0 amide bonds. The van der Waals surface area contributed by atoms with Gasteiger partial charge in [0, 0.05) is 22.1 Å². The van der Waals surface area contributed by atoms with Crippen LogP contribution in [0.1, 0.15) is 39.4 Å². The van der Waals surface area contributed by atoms with E-state index >= 15 is 0 Å². The lowest BCUT2D eigenvalue weighted by Crippen LogP contribution is -2.02. The van der Waals surface area contributed by atoms with Crippen LogP contribution in [-0.2, 0) is 0 Å². The molecule has 4 heterocycles. The summed E-state index contributed by atoms with van der Waals surface area (Å²) < 4.78 is 0. The first-order valence-corrected chi connectivity index (χ1v) is 11.4. The van der Waals surface area contributed by atoms with Crippen LogP contribution >= 0.6 is 11.3 Å². The summed E-state index contributed by atoms with van der Waals surface area (Å²) in [5, 5.41) is 18.9. The Bertz CT molecular complexity index is 1480. The van der Waals surface area contributed by atoms with Crippen LogP contribution in [0.25, 0.3) is 39.3 Å². The van der Waals surface area contributed by atoms with E-state index in [-0.39, 0.29) is 22.5 Å². The van der Waals surface area contributed by atoms with Gasteiger partial charge in [-0.05, 0) is 74.0 Å². The van der Waals surface area contributed by atoms with Crippen LogP contribution in [0, 0.1) is 0 Å². The first kappa shape index (κ1) is 23.7. The number of hydrogen-bond acceptors (Lipinski definition) is 6. The van der Waals surface area contributed by atoms with E-state index in [9.17, 15) is 19.8 Å². The molecule has 4 rings (SSSR count). The van der Waals surface area contributed by atoms with Crippen molar-refractivity contribution < 1.29 is 19.8 Å². The molecule has 35 heavy (non-hydrogen) atoms. The predicted octanol–water partition coefficient (Wildman–Crippen LogP) is 6.31. The van der Waals surface area contributed by atoms with Crippen molar-refractivity contribution in [3.63, 3.8) is 0 Å². The van der Waals surface area contributed by atoms with E-state index in [1.807, 2.05) is 56.3 Å². The van der Waals surface area contributed by atoms with Gasteiger partial charge in [-0.15, -0.1) is 11.3 Å². The van der Waals surface area contributed by atoms with E-state index in [1.54, 1.807) is 17.5 Å². The zero-order chi connectivity index (χ0) is 24.9. The fraction of sp³-hybridized carbons (Fsp3) is 0.0741. The van der Waals surface area contributed by atoms with Crippen molar-refractivity contribution in [2.24, 2.45) is 0 Å². The third kappa shape index (κ3) is 5.74. The van der Waals surface area contributed by atoms with Crippen molar-refractivity contribution in [1.29, 1.82) is 0 Å². The summed E-state index contributed by atoms with van der Waals surface area (Å²) in [4.78, 5) is 38.4. The van der Waals surface area contributed by atoms with Crippen LogP contribution in [0.2, 0.25) is 0 Å². The average molecular weight is 484 g/mol. The molecule has 0 fully saturated rings. The van der Waals surface area contributed by atoms with Gasteiger partial charge < -0.3 is 10.2 Å². The number of carboxylic acids is 2. The first-order chi connectivity index (χ1) is 16.8. The molecule has 7 nitrogen and oxygen atoms in total. The van der Waals surface area contributed by atoms with Gasteiger partial charge in [0.15, 0.2) is 0 Å². The Labute approximate surface area is 205 Å². The molecule has 0 aliphatic rings. The van der Waals surface area contributed by atoms with Crippen LogP contribution in [-0.4, -0.2) is 37.1 Å². The molecule has 2 N–H and O–H groups in total. The molecule has 0 saturated carbocycles. The zero-order valence-electron chi connectivity index (χ0n) is 19.0. The lowest BCUT2D eigenvalue weighted by Gasteiger charge is -2.08. The Morgan fingerprint density at radius 1 is 0.800 bits per heavy atom. The Morgan fingerprint density at radius 3 is 2.09 bits per heavy atom. The minimum atomic E-state index is -1.13. The van der Waals surface area contributed by atoms with Crippen LogP contribution in [0.4, 0.5) is 0 Å². The van der Waals surface area contributed by atoms with Crippen LogP contribution < -0.4 is 0 Å². The summed E-state index contributed by atoms with van der Waals surface area (Å²) in [6.07, 6.45) is 9.11. The lowest BCUT2D eigenvalue weighted by molar-refractivity contribution is 0.0686. The van der Waals surface area contributed by atoms with Gasteiger partial charge in [0.05, 0.1) is 33.9 Å². The SMILES string of the molecule is CC(C)=C/C=C/c1ccc(-c2ccnc(-c3cc(C(=O)O)cc(-c4cc(C(=O)O)ccn4)n3)c2)s1. The number of thiophene rings is 1. The van der Waals surface area contributed by atoms with Crippen LogP contribution in [0.3, 0.4) is 0 Å². The Balaban J connectivity index is 1.74. The Morgan fingerprint density at radius 2 is 1.43 bits per heavy atom. The number of rotatable bonds is 7. The molecule has 0 aliphatic carbocycles. The minimum Gasteiger partial charge on any atom is -0.478 e. The highest BCUT2D eigenvalue weighted by atomic mass is 32.1. The predicted molar refractivity (Wildman–Crippen MR) is 136 cm³/mol. The maximum absolute atomic E-state index is 11.8. The molecular formula is C27H21N3O4S. The highest BCUT2D eigenvalue weighted by Crippen LogP contribution is 2.31. The Kier molecular flexibility index (Phi) is 6.93. The number of allylic oxidation sites excluding steroid dienone is 3. The van der Waals surface area contributed by atoms with E-state index in [0.29, 0.717) is 11.4 Å². The second kappa shape index (κ2) is 10.2. The summed E-state index contributed by atoms with van der Waals surface area (Å²) >= 11 is 1.63. The smallest absolute Gasteiger partial charge is 0.335 e.